The van der Waals surface area contributed by atoms with Gasteiger partial charge in [-0.2, -0.15) is 0 Å². The van der Waals surface area contributed by atoms with E-state index >= 15 is 0 Å². The van der Waals surface area contributed by atoms with E-state index in [4.69, 9.17) is 23.2 Å². The highest BCUT2D eigenvalue weighted by molar-refractivity contribution is 6.31. The normalized spacial score (nSPS) is 17.9. The minimum atomic E-state index is 0.0652. The van der Waals surface area contributed by atoms with E-state index in [2.05, 4.69) is 15.3 Å². The Balaban J connectivity index is 1.92. The van der Waals surface area contributed by atoms with E-state index in [-0.39, 0.29) is 6.04 Å². The van der Waals surface area contributed by atoms with Gasteiger partial charge in [0.25, 0.3) is 0 Å². The van der Waals surface area contributed by atoms with Crippen molar-refractivity contribution in [2.24, 2.45) is 0 Å². The Morgan fingerprint density at radius 1 is 1.19 bits per heavy atom. The minimum Gasteiger partial charge on any atom is -0.357 e. The molecule has 5 heteroatoms. The van der Waals surface area contributed by atoms with Gasteiger partial charge in [0, 0.05) is 40.6 Å². The SMILES string of the molecule is Clc1ccc2[nH]c3c(c2c1)CCNC3c1ccncc1Cl. The fraction of sp³-hybridized carbons (Fsp3) is 0.188. The molecular formula is C16H13Cl2N3. The Labute approximate surface area is 132 Å². The molecule has 1 atom stereocenters. The fourth-order valence-corrected chi connectivity index (χ4v) is 3.49. The third-order valence-electron chi connectivity index (χ3n) is 4.03. The standard InChI is InChI=1S/C16H13Cl2N3/c17-9-1-2-14-12(7-9)10-4-6-20-15(16(10)21-14)11-3-5-19-8-13(11)18/h1-3,5,7-8,15,20-21H,4,6H2. The van der Waals surface area contributed by atoms with Gasteiger partial charge in [0.05, 0.1) is 11.1 Å². The summed E-state index contributed by atoms with van der Waals surface area (Å²) in [5.74, 6) is 0. The van der Waals surface area contributed by atoms with Crippen molar-refractivity contribution in [3.05, 3.63) is 63.5 Å². The van der Waals surface area contributed by atoms with Gasteiger partial charge in [-0.25, -0.2) is 0 Å². The Morgan fingerprint density at radius 2 is 2.10 bits per heavy atom. The third kappa shape index (κ3) is 2.13. The first-order chi connectivity index (χ1) is 10.2. The number of rotatable bonds is 1. The Bertz CT molecular complexity index is 826. The summed E-state index contributed by atoms with van der Waals surface area (Å²) in [6.07, 6.45) is 4.44. The van der Waals surface area contributed by atoms with E-state index in [0.29, 0.717) is 5.02 Å². The summed E-state index contributed by atoms with van der Waals surface area (Å²) in [6.45, 7) is 0.912. The van der Waals surface area contributed by atoms with Crippen molar-refractivity contribution in [3.8, 4) is 0 Å². The van der Waals surface area contributed by atoms with E-state index in [1.807, 2.05) is 24.3 Å². The zero-order valence-electron chi connectivity index (χ0n) is 11.2. The molecule has 4 rings (SSSR count). The number of nitrogens with one attached hydrogen (secondary N) is 2. The van der Waals surface area contributed by atoms with Crippen molar-refractivity contribution >= 4 is 34.1 Å². The number of H-pyrrole nitrogens is 1. The average Bonchev–Trinajstić information content (AvgIpc) is 2.86. The second-order valence-electron chi connectivity index (χ2n) is 5.24. The van der Waals surface area contributed by atoms with E-state index in [1.54, 1.807) is 12.4 Å². The number of hydrogen-bond acceptors (Lipinski definition) is 2. The van der Waals surface area contributed by atoms with Crippen LogP contribution in [-0.2, 0) is 6.42 Å². The van der Waals surface area contributed by atoms with Gasteiger partial charge in [-0.05, 0) is 41.8 Å². The zero-order valence-corrected chi connectivity index (χ0v) is 12.7. The molecule has 1 unspecified atom stereocenters. The lowest BCUT2D eigenvalue weighted by molar-refractivity contribution is 0.560. The van der Waals surface area contributed by atoms with Crippen LogP contribution in [0.3, 0.4) is 0 Å². The second-order valence-corrected chi connectivity index (χ2v) is 6.09. The highest BCUT2D eigenvalue weighted by Crippen LogP contribution is 2.36. The maximum Gasteiger partial charge on any atom is 0.0748 e. The molecule has 21 heavy (non-hydrogen) atoms. The molecule has 3 heterocycles. The molecule has 3 aromatic rings. The van der Waals surface area contributed by atoms with Crippen LogP contribution in [0.5, 0.6) is 0 Å². The van der Waals surface area contributed by atoms with Gasteiger partial charge >= 0.3 is 0 Å². The highest BCUT2D eigenvalue weighted by atomic mass is 35.5. The van der Waals surface area contributed by atoms with Crippen LogP contribution in [0, 0.1) is 0 Å². The van der Waals surface area contributed by atoms with Crippen LogP contribution in [0.1, 0.15) is 22.9 Å². The van der Waals surface area contributed by atoms with Crippen LogP contribution in [0.15, 0.2) is 36.7 Å². The summed E-state index contributed by atoms with van der Waals surface area (Å²) in [5.41, 5.74) is 4.66. The number of halogens is 2. The Morgan fingerprint density at radius 3 is 2.95 bits per heavy atom. The van der Waals surface area contributed by atoms with Gasteiger partial charge in [0.15, 0.2) is 0 Å². The number of hydrogen-bond donors (Lipinski definition) is 2. The van der Waals surface area contributed by atoms with Crippen LogP contribution in [-0.4, -0.2) is 16.5 Å². The molecule has 2 N–H and O–H groups in total. The van der Waals surface area contributed by atoms with Crippen LogP contribution >= 0.6 is 23.2 Å². The molecule has 1 aliphatic heterocycles. The van der Waals surface area contributed by atoms with Crippen molar-refractivity contribution in [1.82, 2.24) is 15.3 Å². The van der Waals surface area contributed by atoms with Crippen molar-refractivity contribution < 1.29 is 0 Å². The van der Waals surface area contributed by atoms with Gasteiger partial charge in [-0.3, -0.25) is 4.98 Å². The lowest BCUT2D eigenvalue weighted by Gasteiger charge is -2.25. The smallest absolute Gasteiger partial charge is 0.0748 e. The summed E-state index contributed by atoms with van der Waals surface area (Å²) in [4.78, 5) is 7.58. The number of aromatic nitrogens is 2. The van der Waals surface area contributed by atoms with E-state index in [9.17, 15) is 0 Å². The third-order valence-corrected chi connectivity index (χ3v) is 4.58. The molecule has 0 radical (unpaired) electrons. The summed E-state index contributed by atoms with van der Waals surface area (Å²) >= 11 is 12.4. The molecule has 0 bridgehead atoms. The van der Waals surface area contributed by atoms with Crippen molar-refractivity contribution in [1.29, 1.82) is 0 Å². The van der Waals surface area contributed by atoms with Gasteiger partial charge in [-0.15, -0.1) is 0 Å². The molecule has 0 fully saturated rings. The molecule has 0 amide bonds. The van der Waals surface area contributed by atoms with Crippen LogP contribution in [0.25, 0.3) is 10.9 Å². The number of pyridine rings is 1. The number of fused-ring (bicyclic) bond motifs is 3. The van der Waals surface area contributed by atoms with Crippen molar-refractivity contribution in [3.63, 3.8) is 0 Å². The molecule has 3 nitrogen and oxygen atoms in total. The summed E-state index contributed by atoms with van der Waals surface area (Å²) < 4.78 is 0. The second kappa shape index (κ2) is 5.02. The lowest BCUT2D eigenvalue weighted by Crippen LogP contribution is -2.30. The predicted octanol–water partition coefficient (Wildman–Crippen LogP) is 4.10. The Hall–Kier alpha value is -1.55. The lowest BCUT2D eigenvalue weighted by atomic mass is 9.95. The first-order valence-electron chi connectivity index (χ1n) is 6.87. The van der Waals surface area contributed by atoms with Gasteiger partial charge < -0.3 is 10.3 Å². The molecule has 0 saturated heterocycles. The van der Waals surface area contributed by atoms with Crippen LogP contribution < -0.4 is 5.32 Å². The number of aromatic amines is 1. The molecular weight excluding hydrogens is 305 g/mol. The van der Waals surface area contributed by atoms with Crippen molar-refractivity contribution in [2.75, 3.05) is 6.54 Å². The van der Waals surface area contributed by atoms with Gasteiger partial charge in [-0.1, -0.05) is 23.2 Å². The quantitative estimate of drug-likeness (QED) is 0.709. The highest BCUT2D eigenvalue weighted by Gasteiger charge is 2.26. The van der Waals surface area contributed by atoms with Crippen LogP contribution in [0.2, 0.25) is 10.0 Å². The van der Waals surface area contributed by atoms with Gasteiger partial charge in [0.1, 0.15) is 0 Å². The molecule has 2 aromatic heterocycles. The topological polar surface area (TPSA) is 40.7 Å². The largest absolute Gasteiger partial charge is 0.357 e. The van der Waals surface area contributed by atoms with Crippen molar-refractivity contribution in [2.45, 2.75) is 12.5 Å². The van der Waals surface area contributed by atoms with E-state index < -0.39 is 0 Å². The first kappa shape index (κ1) is 13.1. The number of nitrogens with zero attached hydrogens (tertiary/aromatic N) is 1. The monoisotopic (exact) mass is 317 g/mol. The molecule has 1 aromatic carbocycles. The van der Waals surface area contributed by atoms with E-state index in [1.165, 1.54) is 16.6 Å². The molecule has 1 aliphatic rings. The molecule has 0 saturated carbocycles. The minimum absolute atomic E-state index is 0.0652. The average molecular weight is 318 g/mol. The van der Waals surface area contributed by atoms with Crippen LogP contribution in [0.4, 0.5) is 0 Å². The zero-order chi connectivity index (χ0) is 14.4. The summed E-state index contributed by atoms with van der Waals surface area (Å²) in [6, 6.07) is 8.00. The Kier molecular flexibility index (Phi) is 3.14. The molecule has 0 spiro atoms. The summed E-state index contributed by atoms with van der Waals surface area (Å²) in [7, 11) is 0. The summed E-state index contributed by atoms with van der Waals surface area (Å²) in [5, 5.41) is 6.18. The fourth-order valence-electron chi connectivity index (χ4n) is 3.09. The molecule has 0 aliphatic carbocycles. The molecule has 106 valence electrons. The van der Waals surface area contributed by atoms with Gasteiger partial charge in [0.2, 0.25) is 0 Å². The van der Waals surface area contributed by atoms with E-state index in [0.717, 1.165) is 29.1 Å². The maximum absolute atomic E-state index is 6.31. The maximum atomic E-state index is 6.31. The predicted molar refractivity (Wildman–Crippen MR) is 86.1 cm³/mol. The first-order valence-corrected chi connectivity index (χ1v) is 7.62. The number of benzene rings is 1.